The van der Waals surface area contributed by atoms with Crippen LogP contribution in [0.5, 0.6) is 0 Å². The van der Waals surface area contributed by atoms with Crippen molar-refractivity contribution in [2.45, 2.75) is 46.2 Å². The molecule has 0 aromatic carbocycles. The van der Waals surface area contributed by atoms with Gasteiger partial charge in [0.2, 0.25) is 0 Å². The third kappa shape index (κ3) is 1.29. The molecule has 1 fully saturated rings. The molecule has 1 saturated heterocycles. The maximum Gasteiger partial charge on any atom is 0.327 e. The van der Waals surface area contributed by atoms with Gasteiger partial charge < -0.3 is 4.90 Å². The van der Waals surface area contributed by atoms with E-state index < -0.39 is 5.54 Å². The minimum Gasteiger partial charge on any atom is -0.310 e. The molecule has 80 valence electrons. The van der Waals surface area contributed by atoms with Gasteiger partial charge in [-0.05, 0) is 34.6 Å². The van der Waals surface area contributed by atoms with Crippen molar-refractivity contribution in [3.8, 4) is 0 Å². The number of likely N-dealkylation sites (N-methyl/N-ethyl adjacent to an activating group) is 1. The van der Waals surface area contributed by atoms with Crippen LogP contribution in [0.2, 0.25) is 0 Å². The summed E-state index contributed by atoms with van der Waals surface area (Å²) in [6.45, 7) is 9.74. The highest BCUT2D eigenvalue weighted by atomic mass is 16.2. The molecule has 0 aliphatic carbocycles. The highest BCUT2D eigenvalue weighted by Crippen LogP contribution is 2.28. The second-order valence-electron chi connectivity index (χ2n) is 4.35. The Morgan fingerprint density at radius 3 is 2.00 bits per heavy atom. The number of amides is 3. The fourth-order valence-electron chi connectivity index (χ4n) is 1.85. The maximum atomic E-state index is 11.9. The number of imide groups is 1. The van der Waals surface area contributed by atoms with Crippen molar-refractivity contribution in [3.05, 3.63) is 0 Å². The van der Waals surface area contributed by atoms with Gasteiger partial charge in [0.1, 0.15) is 5.54 Å². The van der Waals surface area contributed by atoms with Crippen molar-refractivity contribution in [2.75, 3.05) is 6.54 Å². The summed E-state index contributed by atoms with van der Waals surface area (Å²) in [4.78, 5) is 26.7. The van der Waals surface area contributed by atoms with E-state index in [0.717, 1.165) is 0 Å². The molecular formula is C10H18N2O2. The Morgan fingerprint density at radius 2 is 1.79 bits per heavy atom. The molecular weight excluding hydrogens is 180 g/mol. The molecule has 0 N–H and O–H groups in total. The zero-order chi connectivity index (χ0) is 11.1. The van der Waals surface area contributed by atoms with E-state index in [1.807, 2.05) is 20.8 Å². The molecule has 4 heteroatoms. The second-order valence-corrected chi connectivity index (χ2v) is 4.35. The second kappa shape index (κ2) is 3.26. The van der Waals surface area contributed by atoms with Crippen molar-refractivity contribution >= 4 is 11.9 Å². The molecule has 0 atom stereocenters. The van der Waals surface area contributed by atoms with Gasteiger partial charge >= 0.3 is 6.03 Å². The van der Waals surface area contributed by atoms with Gasteiger partial charge in [0.25, 0.3) is 5.91 Å². The summed E-state index contributed by atoms with van der Waals surface area (Å²) in [5.41, 5.74) is -0.684. The first-order valence-electron chi connectivity index (χ1n) is 4.99. The van der Waals surface area contributed by atoms with Crippen LogP contribution in [0.3, 0.4) is 0 Å². The van der Waals surface area contributed by atoms with E-state index in [-0.39, 0.29) is 18.0 Å². The Hall–Kier alpha value is -1.06. The average molecular weight is 198 g/mol. The average Bonchev–Trinajstić information content (AvgIpc) is 2.19. The van der Waals surface area contributed by atoms with Crippen LogP contribution in [0, 0.1) is 0 Å². The standard InChI is InChI=1S/C10H18N2O2/c1-6-11-9(14)12(7(2)3)8(13)10(11,4)5/h7H,6H2,1-5H3. The van der Waals surface area contributed by atoms with Gasteiger partial charge in [0.05, 0.1) is 0 Å². The monoisotopic (exact) mass is 198 g/mol. The van der Waals surface area contributed by atoms with Crippen LogP contribution in [0.1, 0.15) is 34.6 Å². The first-order chi connectivity index (χ1) is 6.34. The Morgan fingerprint density at radius 1 is 1.29 bits per heavy atom. The Labute approximate surface area is 84.9 Å². The molecule has 0 aromatic rings. The summed E-state index contributed by atoms with van der Waals surface area (Å²) in [7, 11) is 0. The zero-order valence-electron chi connectivity index (χ0n) is 9.50. The lowest BCUT2D eigenvalue weighted by Crippen LogP contribution is -2.44. The van der Waals surface area contributed by atoms with Crippen LogP contribution < -0.4 is 0 Å². The summed E-state index contributed by atoms with van der Waals surface area (Å²) >= 11 is 0. The number of urea groups is 1. The number of carbonyl (C=O) groups is 2. The summed E-state index contributed by atoms with van der Waals surface area (Å²) in [6.07, 6.45) is 0. The fraction of sp³-hybridized carbons (Fsp3) is 0.800. The first-order valence-corrected chi connectivity index (χ1v) is 4.99. The van der Waals surface area contributed by atoms with E-state index in [1.54, 1.807) is 18.7 Å². The van der Waals surface area contributed by atoms with Crippen molar-refractivity contribution in [2.24, 2.45) is 0 Å². The molecule has 0 bridgehead atoms. The molecule has 1 heterocycles. The molecule has 0 aromatic heterocycles. The third-order valence-corrected chi connectivity index (χ3v) is 2.69. The highest BCUT2D eigenvalue weighted by Gasteiger charge is 2.51. The minimum absolute atomic E-state index is 0.0641. The van der Waals surface area contributed by atoms with E-state index in [4.69, 9.17) is 0 Å². The summed E-state index contributed by atoms with van der Waals surface area (Å²) in [5.74, 6) is -0.0978. The molecule has 0 radical (unpaired) electrons. The lowest BCUT2D eigenvalue weighted by atomic mass is 10.0. The Balaban J connectivity index is 3.08. The quantitative estimate of drug-likeness (QED) is 0.630. The minimum atomic E-state index is -0.684. The summed E-state index contributed by atoms with van der Waals surface area (Å²) in [5, 5.41) is 0. The van der Waals surface area contributed by atoms with Crippen LogP contribution in [0.25, 0.3) is 0 Å². The number of hydrogen-bond acceptors (Lipinski definition) is 2. The molecule has 0 saturated carbocycles. The highest BCUT2D eigenvalue weighted by molar-refractivity contribution is 6.06. The van der Waals surface area contributed by atoms with Crippen molar-refractivity contribution in [1.82, 2.24) is 9.80 Å². The van der Waals surface area contributed by atoms with Crippen LogP contribution in [-0.4, -0.2) is 39.9 Å². The van der Waals surface area contributed by atoms with Crippen LogP contribution in [0.4, 0.5) is 4.79 Å². The summed E-state index contributed by atoms with van der Waals surface area (Å²) < 4.78 is 0. The molecule has 3 amide bonds. The molecule has 4 nitrogen and oxygen atoms in total. The van der Waals surface area contributed by atoms with E-state index in [0.29, 0.717) is 6.54 Å². The molecule has 1 aliphatic rings. The third-order valence-electron chi connectivity index (χ3n) is 2.69. The van der Waals surface area contributed by atoms with Gasteiger partial charge in [0, 0.05) is 12.6 Å². The largest absolute Gasteiger partial charge is 0.327 e. The first kappa shape index (κ1) is 11.0. The number of rotatable bonds is 2. The number of carbonyl (C=O) groups excluding carboxylic acids is 2. The van der Waals surface area contributed by atoms with Gasteiger partial charge in [-0.1, -0.05) is 0 Å². The van der Waals surface area contributed by atoms with E-state index in [1.165, 1.54) is 4.90 Å². The normalized spacial score (nSPS) is 21.3. The SMILES string of the molecule is CCN1C(=O)N(C(C)C)C(=O)C1(C)C. The van der Waals surface area contributed by atoms with E-state index in [9.17, 15) is 9.59 Å². The fourth-order valence-corrected chi connectivity index (χ4v) is 1.85. The maximum absolute atomic E-state index is 11.9. The number of hydrogen-bond donors (Lipinski definition) is 0. The Kier molecular flexibility index (Phi) is 2.56. The van der Waals surface area contributed by atoms with Gasteiger partial charge in [-0.2, -0.15) is 0 Å². The van der Waals surface area contributed by atoms with Gasteiger partial charge in [-0.15, -0.1) is 0 Å². The van der Waals surface area contributed by atoms with Gasteiger partial charge in [-0.3, -0.25) is 9.69 Å². The van der Waals surface area contributed by atoms with Crippen LogP contribution in [0.15, 0.2) is 0 Å². The van der Waals surface area contributed by atoms with Crippen LogP contribution >= 0.6 is 0 Å². The van der Waals surface area contributed by atoms with Crippen molar-refractivity contribution in [1.29, 1.82) is 0 Å². The molecule has 14 heavy (non-hydrogen) atoms. The van der Waals surface area contributed by atoms with Gasteiger partial charge in [-0.25, -0.2) is 4.79 Å². The summed E-state index contributed by atoms with van der Waals surface area (Å²) in [6, 6.07) is -0.233. The predicted octanol–water partition coefficient (Wildman–Crippen LogP) is 1.46. The zero-order valence-corrected chi connectivity index (χ0v) is 9.50. The molecule has 0 spiro atoms. The van der Waals surface area contributed by atoms with Crippen molar-refractivity contribution in [3.63, 3.8) is 0 Å². The smallest absolute Gasteiger partial charge is 0.310 e. The molecule has 1 aliphatic heterocycles. The molecule has 0 unspecified atom stereocenters. The Bertz CT molecular complexity index is 271. The van der Waals surface area contributed by atoms with Crippen LogP contribution in [-0.2, 0) is 4.79 Å². The van der Waals surface area contributed by atoms with E-state index >= 15 is 0 Å². The lowest BCUT2D eigenvalue weighted by molar-refractivity contribution is -0.132. The van der Waals surface area contributed by atoms with Crippen molar-refractivity contribution < 1.29 is 9.59 Å². The predicted molar refractivity (Wildman–Crippen MR) is 53.8 cm³/mol. The van der Waals surface area contributed by atoms with Gasteiger partial charge in [0.15, 0.2) is 0 Å². The number of nitrogens with zero attached hydrogens (tertiary/aromatic N) is 2. The molecule has 1 rings (SSSR count). The topological polar surface area (TPSA) is 40.6 Å². The van der Waals surface area contributed by atoms with E-state index in [2.05, 4.69) is 0 Å². The lowest BCUT2D eigenvalue weighted by Gasteiger charge is -2.25.